The van der Waals surface area contributed by atoms with E-state index in [4.69, 9.17) is 0 Å². The van der Waals surface area contributed by atoms with Crippen LogP contribution in [0.1, 0.15) is 40.8 Å². The lowest BCUT2D eigenvalue weighted by molar-refractivity contribution is 0.0679. The number of hydrogen-bond donors (Lipinski definition) is 0. The van der Waals surface area contributed by atoms with Crippen LogP contribution in [0.15, 0.2) is 30.9 Å². The fourth-order valence-corrected chi connectivity index (χ4v) is 3.54. The van der Waals surface area contributed by atoms with Gasteiger partial charge >= 0.3 is 0 Å². The van der Waals surface area contributed by atoms with Crippen LogP contribution in [-0.2, 0) is 0 Å². The van der Waals surface area contributed by atoms with Gasteiger partial charge in [0.1, 0.15) is 11.4 Å². The van der Waals surface area contributed by atoms with Crippen molar-refractivity contribution in [2.75, 3.05) is 13.1 Å². The van der Waals surface area contributed by atoms with E-state index in [1.165, 1.54) is 0 Å². The predicted molar refractivity (Wildman–Crippen MR) is 88.9 cm³/mol. The summed E-state index contributed by atoms with van der Waals surface area (Å²) in [7, 11) is 0. The lowest BCUT2D eigenvalue weighted by atomic mass is 10.0. The van der Waals surface area contributed by atoms with Crippen LogP contribution >= 0.6 is 0 Å². The van der Waals surface area contributed by atoms with Crippen molar-refractivity contribution in [1.82, 2.24) is 29.0 Å². The van der Waals surface area contributed by atoms with Crippen LogP contribution in [0.5, 0.6) is 0 Å². The first kappa shape index (κ1) is 14.9. The third-order valence-electron chi connectivity index (χ3n) is 4.72. The normalized spacial score (nSPS) is 18.2. The molecule has 1 fully saturated rings. The molecule has 0 saturated carbocycles. The van der Waals surface area contributed by atoms with E-state index in [0.29, 0.717) is 17.8 Å². The molecule has 0 N–H and O–H groups in total. The van der Waals surface area contributed by atoms with Gasteiger partial charge in [-0.3, -0.25) is 4.79 Å². The molecule has 1 aliphatic rings. The summed E-state index contributed by atoms with van der Waals surface area (Å²) in [5.74, 6) is 1.01. The molecular weight excluding hydrogens is 304 g/mol. The fourth-order valence-electron chi connectivity index (χ4n) is 3.54. The Morgan fingerprint density at radius 3 is 2.88 bits per heavy atom. The largest absolute Gasteiger partial charge is 0.336 e. The molecule has 3 aromatic rings. The van der Waals surface area contributed by atoms with E-state index in [1.54, 1.807) is 10.7 Å². The summed E-state index contributed by atoms with van der Waals surface area (Å²) in [6.07, 6.45) is 9.37. The molecule has 0 radical (unpaired) electrons. The number of rotatable bonds is 2. The Labute approximate surface area is 139 Å². The van der Waals surface area contributed by atoms with E-state index in [9.17, 15) is 4.79 Å². The second-order valence-electron chi connectivity index (χ2n) is 6.28. The number of nitrogens with zero attached hydrogens (tertiary/aromatic N) is 6. The van der Waals surface area contributed by atoms with Crippen LogP contribution < -0.4 is 0 Å². The third kappa shape index (κ3) is 2.36. The van der Waals surface area contributed by atoms with Crippen molar-refractivity contribution >= 4 is 11.6 Å². The lowest BCUT2D eigenvalue weighted by Gasteiger charge is -2.33. The van der Waals surface area contributed by atoms with E-state index < -0.39 is 0 Å². The van der Waals surface area contributed by atoms with E-state index in [-0.39, 0.29) is 11.9 Å². The topological polar surface area (TPSA) is 68.3 Å². The summed E-state index contributed by atoms with van der Waals surface area (Å²) in [4.78, 5) is 23.7. The SMILES string of the molecule is Cc1nn2cccnc2c1C(=O)N1CCC[C@H](n2ccnc2C)C1. The van der Waals surface area contributed by atoms with Gasteiger partial charge in [-0.15, -0.1) is 0 Å². The van der Waals surface area contributed by atoms with Crippen molar-refractivity contribution in [2.24, 2.45) is 0 Å². The van der Waals surface area contributed by atoms with Crippen LogP contribution in [-0.4, -0.2) is 48.0 Å². The molecule has 4 heterocycles. The molecule has 24 heavy (non-hydrogen) atoms. The first-order chi connectivity index (χ1) is 11.6. The smallest absolute Gasteiger partial charge is 0.259 e. The number of fused-ring (bicyclic) bond motifs is 1. The molecule has 0 aliphatic carbocycles. The summed E-state index contributed by atoms with van der Waals surface area (Å²) in [5, 5.41) is 4.40. The number of amides is 1. The van der Waals surface area contributed by atoms with Gasteiger partial charge in [-0.1, -0.05) is 0 Å². The molecule has 0 unspecified atom stereocenters. The summed E-state index contributed by atoms with van der Waals surface area (Å²) >= 11 is 0. The summed E-state index contributed by atoms with van der Waals surface area (Å²) in [6.45, 7) is 5.33. The summed E-state index contributed by atoms with van der Waals surface area (Å²) < 4.78 is 3.84. The average Bonchev–Trinajstić information content (AvgIpc) is 3.16. The zero-order valence-corrected chi connectivity index (χ0v) is 13.9. The number of aryl methyl sites for hydroxylation is 2. The van der Waals surface area contributed by atoms with E-state index in [1.807, 2.05) is 43.4 Å². The lowest BCUT2D eigenvalue weighted by Crippen LogP contribution is -2.41. The average molecular weight is 324 g/mol. The second-order valence-corrected chi connectivity index (χ2v) is 6.28. The molecule has 1 saturated heterocycles. The number of carbonyl (C=O) groups is 1. The Morgan fingerprint density at radius 1 is 1.21 bits per heavy atom. The van der Waals surface area contributed by atoms with Gasteiger partial charge in [0.2, 0.25) is 0 Å². The van der Waals surface area contributed by atoms with Crippen molar-refractivity contribution in [1.29, 1.82) is 0 Å². The zero-order chi connectivity index (χ0) is 16.7. The Bertz CT molecular complexity index is 896. The quantitative estimate of drug-likeness (QED) is 0.723. The number of likely N-dealkylation sites (tertiary alicyclic amines) is 1. The first-order valence-corrected chi connectivity index (χ1v) is 8.24. The van der Waals surface area contributed by atoms with Crippen molar-refractivity contribution < 1.29 is 4.79 Å². The number of piperidine rings is 1. The molecule has 1 atom stereocenters. The van der Waals surface area contributed by atoms with Crippen LogP contribution in [0.2, 0.25) is 0 Å². The molecule has 0 bridgehead atoms. The van der Waals surface area contributed by atoms with Gasteiger partial charge in [0.25, 0.3) is 5.91 Å². The number of imidazole rings is 1. The third-order valence-corrected chi connectivity index (χ3v) is 4.72. The van der Waals surface area contributed by atoms with Gasteiger partial charge in [0.15, 0.2) is 5.65 Å². The Morgan fingerprint density at radius 2 is 2.08 bits per heavy atom. The standard InChI is InChI=1S/C17H20N6O/c1-12-15(16-19-6-4-9-23(16)20-12)17(24)21-8-3-5-14(11-21)22-10-7-18-13(22)2/h4,6-7,9-10,14H,3,5,8,11H2,1-2H3/t14-/m0/s1. The Hall–Kier alpha value is -2.70. The molecule has 0 aromatic carbocycles. The second kappa shape index (κ2) is 5.74. The van der Waals surface area contributed by atoms with Crippen molar-refractivity contribution in [3.05, 3.63) is 47.9 Å². The molecule has 124 valence electrons. The molecule has 7 heteroatoms. The van der Waals surface area contributed by atoms with E-state index >= 15 is 0 Å². The van der Waals surface area contributed by atoms with Crippen LogP contribution in [0.25, 0.3) is 5.65 Å². The van der Waals surface area contributed by atoms with Crippen molar-refractivity contribution in [2.45, 2.75) is 32.7 Å². The van der Waals surface area contributed by atoms with Gasteiger partial charge in [-0.05, 0) is 32.8 Å². The van der Waals surface area contributed by atoms with Gasteiger partial charge < -0.3 is 9.47 Å². The Kier molecular flexibility index (Phi) is 3.55. The number of aromatic nitrogens is 5. The summed E-state index contributed by atoms with van der Waals surface area (Å²) in [5.41, 5.74) is 1.96. The molecule has 1 aliphatic heterocycles. The van der Waals surface area contributed by atoms with Gasteiger partial charge in [-0.25, -0.2) is 14.5 Å². The molecule has 3 aromatic heterocycles. The Balaban J connectivity index is 1.64. The van der Waals surface area contributed by atoms with Crippen LogP contribution in [0.4, 0.5) is 0 Å². The minimum atomic E-state index is 0.0173. The van der Waals surface area contributed by atoms with Gasteiger partial charge in [-0.2, -0.15) is 5.10 Å². The number of carbonyl (C=O) groups excluding carboxylic acids is 1. The highest BCUT2D eigenvalue weighted by atomic mass is 16.2. The molecule has 4 rings (SSSR count). The maximum atomic E-state index is 13.1. The monoisotopic (exact) mass is 324 g/mol. The highest BCUT2D eigenvalue weighted by molar-refractivity contribution is 6.01. The van der Waals surface area contributed by atoms with Crippen LogP contribution in [0, 0.1) is 13.8 Å². The van der Waals surface area contributed by atoms with Gasteiger partial charge in [0, 0.05) is 37.9 Å². The number of hydrogen-bond acceptors (Lipinski definition) is 4. The first-order valence-electron chi connectivity index (χ1n) is 8.24. The van der Waals surface area contributed by atoms with Crippen LogP contribution in [0.3, 0.4) is 0 Å². The molecule has 1 amide bonds. The predicted octanol–water partition coefficient (Wildman–Crippen LogP) is 2.02. The van der Waals surface area contributed by atoms with E-state index in [2.05, 4.69) is 19.6 Å². The minimum absolute atomic E-state index is 0.0173. The highest BCUT2D eigenvalue weighted by Crippen LogP contribution is 2.25. The maximum absolute atomic E-state index is 13.1. The highest BCUT2D eigenvalue weighted by Gasteiger charge is 2.29. The molecular formula is C17H20N6O. The summed E-state index contributed by atoms with van der Waals surface area (Å²) in [6, 6.07) is 2.09. The zero-order valence-electron chi connectivity index (χ0n) is 13.9. The van der Waals surface area contributed by atoms with Gasteiger partial charge in [0.05, 0.1) is 11.7 Å². The van der Waals surface area contributed by atoms with E-state index in [0.717, 1.165) is 30.9 Å². The van der Waals surface area contributed by atoms with Crippen molar-refractivity contribution in [3.8, 4) is 0 Å². The molecule has 7 nitrogen and oxygen atoms in total. The molecule has 0 spiro atoms. The van der Waals surface area contributed by atoms with Crippen molar-refractivity contribution in [3.63, 3.8) is 0 Å². The fraction of sp³-hybridized carbons (Fsp3) is 0.412. The maximum Gasteiger partial charge on any atom is 0.259 e. The minimum Gasteiger partial charge on any atom is -0.336 e.